The third-order valence-corrected chi connectivity index (χ3v) is 3.57. The van der Waals surface area contributed by atoms with Crippen molar-refractivity contribution in [3.63, 3.8) is 0 Å². The van der Waals surface area contributed by atoms with Crippen molar-refractivity contribution < 1.29 is 0 Å². The second kappa shape index (κ2) is 5.32. The van der Waals surface area contributed by atoms with Crippen LogP contribution in [0.3, 0.4) is 0 Å². The van der Waals surface area contributed by atoms with Crippen LogP contribution < -0.4 is 5.73 Å². The summed E-state index contributed by atoms with van der Waals surface area (Å²) < 4.78 is 0. The van der Waals surface area contributed by atoms with E-state index in [0.29, 0.717) is 5.92 Å². The lowest BCUT2D eigenvalue weighted by Crippen LogP contribution is -2.38. The first kappa shape index (κ1) is 12.1. The number of pyridine rings is 1. The molecule has 1 aromatic rings. The molecule has 92 valence electrons. The highest BCUT2D eigenvalue weighted by atomic mass is 15.1. The van der Waals surface area contributed by atoms with Gasteiger partial charge < -0.3 is 10.6 Å². The molecule has 0 amide bonds. The molecule has 1 aromatic heterocycles. The van der Waals surface area contributed by atoms with Crippen LogP contribution in [0.1, 0.15) is 31.4 Å². The monoisotopic (exact) mass is 231 g/mol. The van der Waals surface area contributed by atoms with Crippen molar-refractivity contribution in [2.24, 2.45) is 11.7 Å². The molecule has 0 saturated carbocycles. The maximum atomic E-state index is 6.34. The fraction of sp³-hybridized carbons (Fsp3) is 0.500. The maximum absolute atomic E-state index is 6.34. The average molecular weight is 231 g/mol. The van der Waals surface area contributed by atoms with Crippen LogP contribution in [0.25, 0.3) is 0 Å². The van der Waals surface area contributed by atoms with E-state index >= 15 is 0 Å². The molecule has 0 bridgehead atoms. The molecule has 0 spiro atoms. The molecule has 3 heteroatoms. The van der Waals surface area contributed by atoms with E-state index in [4.69, 9.17) is 5.73 Å². The fourth-order valence-electron chi connectivity index (χ4n) is 2.50. The van der Waals surface area contributed by atoms with Gasteiger partial charge in [0.25, 0.3) is 0 Å². The molecule has 0 aliphatic carbocycles. The molecule has 17 heavy (non-hydrogen) atoms. The van der Waals surface area contributed by atoms with Crippen LogP contribution in [0.5, 0.6) is 0 Å². The van der Waals surface area contributed by atoms with E-state index in [1.54, 1.807) is 6.20 Å². The van der Waals surface area contributed by atoms with Gasteiger partial charge in [-0.25, -0.2) is 0 Å². The topological polar surface area (TPSA) is 42.1 Å². The van der Waals surface area contributed by atoms with Crippen molar-refractivity contribution >= 4 is 0 Å². The Bertz CT molecular complexity index is 374. The van der Waals surface area contributed by atoms with Gasteiger partial charge in [0.1, 0.15) is 0 Å². The molecule has 3 nitrogen and oxygen atoms in total. The van der Waals surface area contributed by atoms with Crippen molar-refractivity contribution in [2.45, 2.75) is 25.8 Å². The number of nitrogens with two attached hydrogens (primary N) is 1. The number of rotatable bonds is 3. The zero-order valence-electron chi connectivity index (χ0n) is 10.5. The lowest BCUT2D eigenvalue weighted by Gasteiger charge is -2.37. The summed E-state index contributed by atoms with van der Waals surface area (Å²) in [6.07, 6.45) is 6.06. The highest BCUT2D eigenvalue weighted by Crippen LogP contribution is 2.28. The Hall–Kier alpha value is -1.35. The predicted molar refractivity (Wildman–Crippen MR) is 70.3 cm³/mol. The van der Waals surface area contributed by atoms with Gasteiger partial charge >= 0.3 is 0 Å². The summed E-state index contributed by atoms with van der Waals surface area (Å²) in [7, 11) is 0. The normalized spacial score (nSPS) is 22.2. The first-order valence-electron chi connectivity index (χ1n) is 6.24. The summed E-state index contributed by atoms with van der Waals surface area (Å²) in [6.45, 7) is 8.22. The Morgan fingerprint density at radius 2 is 2.47 bits per heavy atom. The van der Waals surface area contributed by atoms with Crippen LogP contribution in [0.4, 0.5) is 0 Å². The summed E-state index contributed by atoms with van der Waals surface area (Å²) >= 11 is 0. The molecular formula is C14H21N3. The van der Waals surface area contributed by atoms with E-state index < -0.39 is 0 Å². The van der Waals surface area contributed by atoms with E-state index in [2.05, 4.69) is 29.5 Å². The maximum Gasteiger partial charge on any atom is 0.0355 e. The van der Waals surface area contributed by atoms with Crippen molar-refractivity contribution in [3.8, 4) is 0 Å². The molecule has 0 aromatic carbocycles. The van der Waals surface area contributed by atoms with Gasteiger partial charge in [-0.15, -0.1) is 0 Å². The molecule has 2 heterocycles. The average Bonchev–Trinajstić information content (AvgIpc) is 2.39. The lowest BCUT2D eigenvalue weighted by atomic mass is 9.87. The van der Waals surface area contributed by atoms with Crippen LogP contribution >= 0.6 is 0 Å². The number of nitrogens with zero attached hydrogens (tertiary/aromatic N) is 2. The SMILES string of the molecule is C=C(C)N1CCCC(C(N)c2cccnc2)C1. The minimum atomic E-state index is 0.0887. The van der Waals surface area contributed by atoms with E-state index in [1.165, 1.54) is 12.8 Å². The predicted octanol–water partition coefficient (Wildman–Crippen LogP) is 2.33. The van der Waals surface area contributed by atoms with Crippen LogP contribution in [0.15, 0.2) is 36.8 Å². The van der Waals surface area contributed by atoms with Crippen LogP contribution in [-0.2, 0) is 0 Å². The highest BCUT2D eigenvalue weighted by Gasteiger charge is 2.25. The number of aromatic nitrogens is 1. The lowest BCUT2D eigenvalue weighted by molar-refractivity contribution is 0.195. The van der Waals surface area contributed by atoms with Gasteiger partial charge in [-0.1, -0.05) is 12.6 Å². The number of allylic oxidation sites excluding steroid dienone is 1. The Labute approximate surface area is 103 Å². The largest absolute Gasteiger partial charge is 0.375 e. The summed E-state index contributed by atoms with van der Waals surface area (Å²) in [5.41, 5.74) is 8.62. The highest BCUT2D eigenvalue weighted by molar-refractivity contribution is 5.15. The van der Waals surface area contributed by atoms with Crippen molar-refractivity contribution in [1.29, 1.82) is 0 Å². The standard InChI is InChI=1S/C14H21N3/c1-11(2)17-8-4-6-13(10-17)14(15)12-5-3-7-16-9-12/h3,5,7,9,13-14H,1,4,6,8,10,15H2,2H3. The zero-order chi connectivity index (χ0) is 12.3. The minimum absolute atomic E-state index is 0.0887. The fourth-order valence-corrected chi connectivity index (χ4v) is 2.50. The van der Waals surface area contributed by atoms with Gasteiger partial charge in [-0.3, -0.25) is 4.98 Å². The third-order valence-electron chi connectivity index (χ3n) is 3.57. The zero-order valence-corrected chi connectivity index (χ0v) is 10.5. The van der Waals surface area contributed by atoms with Crippen LogP contribution in [0.2, 0.25) is 0 Å². The van der Waals surface area contributed by atoms with E-state index in [1.807, 2.05) is 12.3 Å². The Balaban J connectivity index is 2.05. The molecule has 2 unspecified atom stereocenters. The minimum Gasteiger partial charge on any atom is -0.375 e. The quantitative estimate of drug-likeness (QED) is 0.868. The number of hydrogen-bond donors (Lipinski definition) is 1. The first-order chi connectivity index (χ1) is 8.18. The smallest absolute Gasteiger partial charge is 0.0355 e. The van der Waals surface area contributed by atoms with Gasteiger partial charge in [0.2, 0.25) is 0 Å². The number of piperidine rings is 1. The van der Waals surface area contributed by atoms with Gasteiger partial charge in [-0.2, -0.15) is 0 Å². The van der Waals surface area contributed by atoms with Crippen LogP contribution in [-0.4, -0.2) is 23.0 Å². The van der Waals surface area contributed by atoms with E-state index in [9.17, 15) is 0 Å². The van der Waals surface area contributed by atoms with Crippen molar-refractivity contribution in [1.82, 2.24) is 9.88 Å². The van der Waals surface area contributed by atoms with Gasteiger partial charge in [0.05, 0.1) is 0 Å². The van der Waals surface area contributed by atoms with E-state index in [-0.39, 0.29) is 6.04 Å². The second-order valence-corrected chi connectivity index (χ2v) is 4.90. The van der Waals surface area contributed by atoms with Crippen LogP contribution in [0, 0.1) is 5.92 Å². The Morgan fingerprint density at radius 1 is 1.65 bits per heavy atom. The second-order valence-electron chi connectivity index (χ2n) is 4.90. The number of hydrogen-bond acceptors (Lipinski definition) is 3. The molecular weight excluding hydrogens is 210 g/mol. The first-order valence-corrected chi connectivity index (χ1v) is 6.24. The Kier molecular flexibility index (Phi) is 3.79. The molecule has 2 atom stereocenters. The molecule has 1 aliphatic heterocycles. The summed E-state index contributed by atoms with van der Waals surface area (Å²) in [4.78, 5) is 6.48. The molecule has 2 rings (SSSR count). The summed E-state index contributed by atoms with van der Waals surface area (Å²) in [5.74, 6) is 0.504. The van der Waals surface area contributed by atoms with Crippen molar-refractivity contribution in [3.05, 3.63) is 42.4 Å². The number of likely N-dealkylation sites (tertiary alicyclic amines) is 1. The molecule has 1 aliphatic rings. The molecule has 1 saturated heterocycles. The van der Waals surface area contributed by atoms with E-state index in [0.717, 1.165) is 24.4 Å². The Morgan fingerprint density at radius 3 is 3.12 bits per heavy atom. The molecule has 2 N–H and O–H groups in total. The van der Waals surface area contributed by atoms with Gasteiger partial charge in [-0.05, 0) is 37.3 Å². The summed E-state index contributed by atoms with van der Waals surface area (Å²) in [5, 5.41) is 0. The molecule has 1 fully saturated rings. The van der Waals surface area contributed by atoms with Gasteiger partial charge in [0, 0.05) is 37.2 Å². The van der Waals surface area contributed by atoms with Gasteiger partial charge in [0.15, 0.2) is 0 Å². The molecule has 0 radical (unpaired) electrons. The third kappa shape index (κ3) is 2.86. The van der Waals surface area contributed by atoms with Crippen molar-refractivity contribution in [2.75, 3.05) is 13.1 Å². The summed E-state index contributed by atoms with van der Waals surface area (Å²) in [6, 6.07) is 4.11.